The fourth-order valence-electron chi connectivity index (χ4n) is 1.91. The van der Waals surface area contributed by atoms with Gasteiger partial charge in [-0.05, 0) is 37.3 Å². The van der Waals surface area contributed by atoms with E-state index in [9.17, 15) is 5.11 Å². The molecule has 0 radical (unpaired) electrons. The third-order valence-electron chi connectivity index (χ3n) is 3.07. The fourth-order valence-corrected chi connectivity index (χ4v) is 2.33. The molecule has 1 aromatic heterocycles. The standard InChI is InChI=1S/C15H16Cl2N2O/c1-10(14-4-2-3-7-18-14)19-9-15(20)12-8-11(16)5-6-13(12)17/h2-8,10,15,19-20H,9H2,1H3. The predicted octanol–water partition coefficient (Wildman–Crippen LogP) is 3.77. The van der Waals surface area contributed by atoms with Crippen LogP contribution >= 0.6 is 23.2 Å². The lowest BCUT2D eigenvalue weighted by atomic mass is 10.1. The lowest BCUT2D eigenvalue weighted by Crippen LogP contribution is -2.25. The van der Waals surface area contributed by atoms with E-state index in [4.69, 9.17) is 23.2 Å². The minimum absolute atomic E-state index is 0.0452. The molecule has 2 N–H and O–H groups in total. The Hall–Kier alpha value is -1.13. The number of halogens is 2. The van der Waals surface area contributed by atoms with Crippen molar-refractivity contribution < 1.29 is 5.11 Å². The normalized spacial score (nSPS) is 14.0. The number of pyridine rings is 1. The van der Waals surface area contributed by atoms with Gasteiger partial charge in [0.25, 0.3) is 0 Å². The summed E-state index contributed by atoms with van der Waals surface area (Å²) in [7, 11) is 0. The SMILES string of the molecule is CC(NCC(O)c1cc(Cl)ccc1Cl)c1ccccn1. The van der Waals surface area contributed by atoms with Crippen LogP contribution in [0.2, 0.25) is 10.0 Å². The summed E-state index contributed by atoms with van der Waals surface area (Å²) in [6, 6.07) is 10.9. The summed E-state index contributed by atoms with van der Waals surface area (Å²) in [4.78, 5) is 4.27. The van der Waals surface area contributed by atoms with Gasteiger partial charge in [-0.25, -0.2) is 0 Å². The van der Waals surface area contributed by atoms with E-state index < -0.39 is 6.10 Å². The second-order valence-electron chi connectivity index (χ2n) is 4.57. The van der Waals surface area contributed by atoms with Crippen LogP contribution in [-0.2, 0) is 0 Å². The van der Waals surface area contributed by atoms with Gasteiger partial charge in [0.05, 0.1) is 11.8 Å². The zero-order valence-electron chi connectivity index (χ0n) is 11.1. The molecule has 106 valence electrons. The van der Waals surface area contributed by atoms with Crippen LogP contribution in [0.4, 0.5) is 0 Å². The molecule has 0 saturated carbocycles. The van der Waals surface area contributed by atoms with Gasteiger partial charge in [0.2, 0.25) is 0 Å². The molecule has 0 aliphatic rings. The maximum absolute atomic E-state index is 10.2. The third-order valence-corrected chi connectivity index (χ3v) is 3.65. The average Bonchev–Trinajstić information content (AvgIpc) is 2.47. The summed E-state index contributed by atoms with van der Waals surface area (Å²) in [5, 5.41) is 14.5. The lowest BCUT2D eigenvalue weighted by molar-refractivity contribution is 0.170. The van der Waals surface area contributed by atoms with Crippen LogP contribution in [0, 0.1) is 0 Å². The largest absolute Gasteiger partial charge is 0.387 e. The quantitative estimate of drug-likeness (QED) is 0.883. The van der Waals surface area contributed by atoms with E-state index >= 15 is 0 Å². The molecule has 1 aromatic carbocycles. The van der Waals surface area contributed by atoms with Crippen molar-refractivity contribution in [3.8, 4) is 0 Å². The highest BCUT2D eigenvalue weighted by Gasteiger charge is 2.14. The summed E-state index contributed by atoms with van der Waals surface area (Å²) in [5.41, 5.74) is 1.55. The summed E-state index contributed by atoms with van der Waals surface area (Å²) in [6.07, 6.45) is 1.03. The van der Waals surface area contributed by atoms with Gasteiger partial charge >= 0.3 is 0 Å². The number of aliphatic hydroxyl groups excluding tert-OH is 1. The van der Waals surface area contributed by atoms with Crippen molar-refractivity contribution in [3.05, 3.63) is 63.9 Å². The van der Waals surface area contributed by atoms with Crippen LogP contribution in [0.3, 0.4) is 0 Å². The predicted molar refractivity (Wildman–Crippen MR) is 82.1 cm³/mol. The van der Waals surface area contributed by atoms with E-state index in [1.54, 1.807) is 24.4 Å². The minimum atomic E-state index is -0.715. The monoisotopic (exact) mass is 310 g/mol. The molecule has 3 nitrogen and oxygen atoms in total. The Bertz CT molecular complexity index is 563. The maximum atomic E-state index is 10.2. The van der Waals surface area contributed by atoms with Crippen LogP contribution in [0.5, 0.6) is 0 Å². The maximum Gasteiger partial charge on any atom is 0.0929 e. The van der Waals surface area contributed by atoms with E-state index in [-0.39, 0.29) is 6.04 Å². The van der Waals surface area contributed by atoms with Crippen molar-refractivity contribution in [2.75, 3.05) is 6.54 Å². The molecule has 0 bridgehead atoms. The molecule has 0 aliphatic heterocycles. The Labute approximate surface area is 128 Å². The second kappa shape index (κ2) is 7.04. The smallest absolute Gasteiger partial charge is 0.0929 e. The minimum Gasteiger partial charge on any atom is -0.387 e. The molecule has 1 heterocycles. The first-order chi connectivity index (χ1) is 9.58. The third kappa shape index (κ3) is 3.93. The lowest BCUT2D eigenvalue weighted by Gasteiger charge is -2.18. The van der Waals surface area contributed by atoms with E-state index in [1.807, 2.05) is 25.1 Å². The number of hydrogen-bond acceptors (Lipinski definition) is 3. The van der Waals surface area contributed by atoms with Crippen molar-refractivity contribution in [2.45, 2.75) is 19.1 Å². The summed E-state index contributed by atoms with van der Waals surface area (Å²) in [6.45, 7) is 2.37. The summed E-state index contributed by atoms with van der Waals surface area (Å²) in [5.74, 6) is 0. The zero-order chi connectivity index (χ0) is 14.5. The van der Waals surface area contributed by atoms with E-state index in [2.05, 4.69) is 10.3 Å². The molecule has 20 heavy (non-hydrogen) atoms. The number of aromatic nitrogens is 1. The molecule has 2 aromatic rings. The van der Waals surface area contributed by atoms with Gasteiger partial charge in [-0.2, -0.15) is 0 Å². The Kier molecular flexibility index (Phi) is 5.38. The number of rotatable bonds is 5. The van der Waals surface area contributed by atoms with Crippen molar-refractivity contribution in [1.82, 2.24) is 10.3 Å². The number of benzene rings is 1. The molecule has 0 saturated heterocycles. The van der Waals surface area contributed by atoms with Crippen LogP contribution in [0.25, 0.3) is 0 Å². The summed E-state index contributed by atoms with van der Waals surface area (Å²) < 4.78 is 0. The molecule has 5 heteroatoms. The van der Waals surface area contributed by atoms with Crippen LogP contribution in [-0.4, -0.2) is 16.6 Å². The molecule has 0 fully saturated rings. The molecule has 0 aliphatic carbocycles. The number of aliphatic hydroxyl groups is 1. The van der Waals surface area contributed by atoms with E-state index in [0.29, 0.717) is 22.2 Å². The zero-order valence-corrected chi connectivity index (χ0v) is 12.6. The molecule has 2 unspecified atom stereocenters. The van der Waals surface area contributed by atoms with Gasteiger partial charge in [-0.1, -0.05) is 29.3 Å². The van der Waals surface area contributed by atoms with Crippen LogP contribution < -0.4 is 5.32 Å². The Morgan fingerprint density at radius 2 is 2.05 bits per heavy atom. The topological polar surface area (TPSA) is 45.1 Å². The first kappa shape index (κ1) is 15.3. The van der Waals surface area contributed by atoms with Gasteiger partial charge in [0.15, 0.2) is 0 Å². The van der Waals surface area contributed by atoms with Crippen molar-refractivity contribution >= 4 is 23.2 Å². The van der Waals surface area contributed by atoms with Gasteiger partial charge in [0.1, 0.15) is 0 Å². The van der Waals surface area contributed by atoms with Gasteiger partial charge in [0, 0.05) is 34.4 Å². The van der Waals surface area contributed by atoms with E-state index in [1.165, 1.54) is 0 Å². The van der Waals surface area contributed by atoms with Crippen molar-refractivity contribution in [2.24, 2.45) is 0 Å². The molecule has 2 rings (SSSR count). The van der Waals surface area contributed by atoms with Gasteiger partial charge < -0.3 is 10.4 Å². The number of hydrogen-bond donors (Lipinski definition) is 2. The Balaban J connectivity index is 1.98. The second-order valence-corrected chi connectivity index (χ2v) is 5.41. The first-order valence-corrected chi connectivity index (χ1v) is 7.11. The van der Waals surface area contributed by atoms with Crippen LogP contribution in [0.15, 0.2) is 42.6 Å². The highest BCUT2D eigenvalue weighted by molar-refractivity contribution is 6.33. The molecule has 2 atom stereocenters. The first-order valence-electron chi connectivity index (χ1n) is 6.35. The highest BCUT2D eigenvalue weighted by Crippen LogP contribution is 2.26. The highest BCUT2D eigenvalue weighted by atomic mass is 35.5. The Morgan fingerprint density at radius 1 is 1.25 bits per heavy atom. The molecular weight excluding hydrogens is 295 g/mol. The van der Waals surface area contributed by atoms with E-state index in [0.717, 1.165) is 5.69 Å². The molecule has 0 amide bonds. The van der Waals surface area contributed by atoms with Crippen molar-refractivity contribution in [3.63, 3.8) is 0 Å². The average molecular weight is 311 g/mol. The van der Waals surface area contributed by atoms with Gasteiger partial charge in [-0.3, -0.25) is 4.98 Å². The summed E-state index contributed by atoms with van der Waals surface area (Å²) >= 11 is 12.0. The van der Waals surface area contributed by atoms with Crippen molar-refractivity contribution in [1.29, 1.82) is 0 Å². The number of nitrogens with zero attached hydrogens (tertiary/aromatic N) is 1. The fraction of sp³-hybridized carbons (Fsp3) is 0.267. The van der Waals surface area contributed by atoms with Gasteiger partial charge in [-0.15, -0.1) is 0 Å². The Morgan fingerprint density at radius 3 is 2.75 bits per heavy atom. The molecular formula is C15H16Cl2N2O. The number of nitrogens with one attached hydrogen (secondary N) is 1. The van der Waals surface area contributed by atoms with Crippen LogP contribution in [0.1, 0.15) is 30.3 Å². The molecule has 0 spiro atoms.